The number of carbonyl (C=O) groups excluding carboxylic acids is 1. The van der Waals surface area contributed by atoms with Gasteiger partial charge in [-0.25, -0.2) is 9.48 Å². The van der Waals surface area contributed by atoms with Crippen LogP contribution in [0.15, 0.2) is 83.2 Å². The van der Waals surface area contributed by atoms with Crippen molar-refractivity contribution >= 4 is 35.3 Å². The number of hydrogen-bond acceptors (Lipinski definition) is 8. The summed E-state index contributed by atoms with van der Waals surface area (Å²) in [6, 6.07) is 21.1. The Morgan fingerprint density at radius 3 is 2.57 bits per heavy atom. The van der Waals surface area contributed by atoms with Gasteiger partial charge in [0.25, 0.3) is 0 Å². The van der Waals surface area contributed by atoms with E-state index in [4.69, 9.17) is 35.9 Å². The van der Waals surface area contributed by atoms with Crippen LogP contribution in [-0.4, -0.2) is 33.9 Å². The van der Waals surface area contributed by atoms with Crippen LogP contribution >= 0.6 is 23.4 Å². The Hall–Kier alpha value is -3.95. The van der Waals surface area contributed by atoms with Crippen molar-refractivity contribution in [3.8, 4) is 11.5 Å². The van der Waals surface area contributed by atoms with Crippen LogP contribution in [0.2, 0.25) is 5.02 Å². The molecular weight excluding hydrogens is 596 g/mol. The van der Waals surface area contributed by atoms with E-state index in [-0.39, 0.29) is 0 Å². The first-order valence-electron chi connectivity index (χ1n) is 14.8. The number of rotatable bonds is 13. The fourth-order valence-electron chi connectivity index (χ4n) is 4.84. The quantitative estimate of drug-likeness (QED) is 0.0898. The first kappa shape index (κ1) is 31.5. The molecule has 1 aliphatic rings. The molecule has 8 nitrogen and oxygen atoms in total. The first-order valence-corrected chi connectivity index (χ1v) is 16.2. The van der Waals surface area contributed by atoms with Crippen LogP contribution in [0.5, 0.6) is 11.5 Å². The number of halogens is 1. The van der Waals surface area contributed by atoms with Crippen molar-refractivity contribution in [3.05, 3.63) is 105 Å². The third-order valence-corrected chi connectivity index (χ3v) is 8.45. The number of hydrogen-bond donors (Lipinski definition) is 1. The van der Waals surface area contributed by atoms with E-state index in [0.29, 0.717) is 64.5 Å². The molecule has 0 aliphatic carbocycles. The highest BCUT2D eigenvalue weighted by molar-refractivity contribution is 7.98. The molecule has 230 valence electrons. The number of nitrogens with one attached hydrogen (secondary N) is 1. The van der Waals surface area contributed by atoms with Gasteiger partial charge < -0.3 is 19.5 Å². The van der Waals surface area contributed by atoms with Gasteiger partial charge in [0.1, 0.15) is 12.6 Å². The summed E-state index contributed by atoms with van der Waals surface area (Å²) < 4.78 is 19.7. The maximum atomic E-state index is 13.5. The lowest BCUT2D eigenvalue weighted by Crippen LogP contribution is -2.30. The van der Waals surface area contributed by atoms with Crippen LogP contribution in [-0.2, 0) is 21.9 Å². The van der Waals surface area contributed by atoms with Crippen molar-refractivity contribution < 1.29 is 19.0 Å². The maximum absolute atomic E-state index is 13.5. The van der Waals surface area contributed by atoms with E-state index in [1.54, 1.807) is 4.68 Å². The second-order valence-electron chi connectivity index (χ2n) is 10.5. The third kappa shape index (κ3) is 7.39. The fourth-order valence-corrected chi connectivity index (χ4v) is 5.95. The lowest BCUT2D eigenvalue weighted by atomic mass is 9.95. The van der Waals surface area contributed by atoms with Gasteiger partial charge in [0.15, 0.2) is 11.5 Å². The highest BCUT2D eigenvalue weighted by Crippen LogP contribution is 2.40. The molecule has 0 saturated carbocycles. The van der Waals surface area contributed by atoms with Crippen molar-refractivity contribution in [2.75, 3.05) is 18.5 Å². The number of anilines is 1. The van der Waals surface area contributed by atoms with Crippen LogP contribution in [0.25, 0.3) is 0 Å². The molecule has 0 amide bonds. The molecule has 3 aromatic carbocycles. The Kier molecular flexibility index (Phi) is 10.5. The Morgan fingerprint density at radius 1 is 1.02 bits per heavy atom. The number of ether oxygens (including phenoxy) is 3. The van der Waals surface area contributed by atoms with Gasteiger partial charge in [0.2, 0.25) is 11.1 Å². The van der Waals surface area contributed by atoms with E-state index in [1.165, 1.54) is 17.3 Å². The van der Waals surface area contributed by atoms with Crippen molar-refractivity contribution in [3.63, 3.8) is 0 Å². The third-order valence-electron chi connectivity index (χ3n) is 7.20. The van der Waals surface area contributed by atoms with Crippen LogP contribution in [0.1, 0.15) is 61.9 Å². The summed E-state index contributed by atoms with van der Waals surface area (Å²) in [5.41, 5.74) is 5.18. The Morgan fingerprint density at radius 2 is 1.82 bits per heavy atom. The number of esters is 1. The molecule has 2 heterocycles. The lowest BCUT2D eigenvalue weighted by molar-refractivity contribution is -0.139. The molecule has 1 atom stereocenters. The molecule has 5 rings (SSSR count). The zero-order valence-corrected chi connectivity index (χ0v) is 27.0. The summed E-state index contributed by atoms with van der Waals surface area (Å²) in [5.74, 6) is 1.96. The van der Waals surface area contributed by atoms with E-state index < -0.39 is 12.0 Å². The summed E-state index contributed by atoms with van der Waals surface area (Å²) >= 11 is 7.86. The second kappa shape index (κ2) is 14.7. The summed E-state index contributed by atoms with van der Waals surface area (Å²) in [5, 5.41) is 9.39. The summed E-state index contributed by atoms with van der Waals surface area (Å²) in [6.45, 7) is 9.11. The molecule has 1 unspecified atom stereocenters. The van der Waals surface area contributed by atoms with Gasteiger partial charge in [-0.3, -0.25) is 0 Å². The average Bonchev–Trinajstić information content (AvgIpc) is 3.42. The van der Waals surface area contributed by atoms with E-state index >= 15 is 0 Å². The Bertz CT molecular complexity index is 1640. The Balaban J connectivity index is 1.48. The molecule has 1 aromatic heterocycles. The molecular formula is C34H37ClN4O4S. The number of benzene rings is 3. The van der Waals surface area contributed by atoms with Gasteiger partial charge in [-0.05, 0) is 62.1 Å². The average molecular weight is 633 g/mol. The molecule has 0 saturated heterocycles. The second-order valence-corrected chi connectivity index (χ2v) is 11.9. The minimum atomic E-state index is -0.590. The maximum Gasteiger partial charge on any atom is 0.338 e. The van der Waals surface area contributed by atoms with Crippen LogP contribution < -0.4 is 14.8 Å². The molecule has 44 heavy (non-hydrogen) atoms. The molecule has 0 radical (unpaired) electrons. The minimum Gasteiger partial charge on any atom is -0.490 e. The number of carbonyl (C=O) groups is 1. The van der Waals surface area contributed by atoms with E-state index in [0.717, 1.165) is 29.5 Å². The van der Waals surface area contributed by atoms with Gasteiger partial charge in [-0.2, -0.15) is 4.98 Å². The lowest BCUT2D eigenvalue weighted by Gasteiger charge is -2.28. The summed E-state index contributed by atoms with van der Waals surface area (Å²) in [4.78, 5) is 18.3. The van der Waals surface area contributed by atoms with Gasteiger partial charge in [0.05, 0.1) is 18.8 Å². The number of aryl methyl sites for hydroxylation is 1. The van der Waals surface area contributed by atoms with Crippen molar-refractivity contribution in [2.45, 2.75) is 64.1 Å². The van der Waals surface area contributed by atoms with Crippen molar-refractivity contribution in [2.24, 2.45) is 0 Å². The van der Waals surface area contributed by atoms with Crippen molar-refractivity contribution in [1.29, 1.82) is 0 Å². The van der Waals surface area contributed by atoms with E-state index in [9.17, 15) is 4.79 Å². The topological polar surface area (TPSA) is 87.5 Å². The van der Waals surface area contributed by atoms with Gasteiger partial charge >= 0.3 is 5.97 Å². The van der Waals surface area contributed by atoms with Crippen LogP contribution in [0, 0.1) is 6.92 Å². The van der Waals surface area contributed by atoms with Gasteiger partial charge in [0, 0.05) is 16.5 Å². The summed E-state index contributed by atoms with van der Waals surface area (Å²) in [6.07, 6.45) is 1.71. The standard InChI is InChI=1S/C34H37ClN4O4S/c1-5-7-18-42-32(40)30-23(4)36-33-37-34(44-21-26-10-8-9-11-27(26)35)38-39(33)31(30)25-16-17-28(29(19-25)41-6-2)43-20-24-14-12-22(3)13-15-24/h8-17,19,31H,5-7,18,20-21H2,1-4H3,(H,36,37,38). The highest BCUT2D eigenvalue weighted by atomic mass is 35.5. The predicted molar refractivity (Wildman–Crippen MR) is 174 cm³/mol. The molecule has 0 bridgehead atoms. The summed E-state index contributed by atoms with van der Waals surface area (Å²) in [7, 11) is 0. The monoisotopic (exact) mass is 632 g/mol. The zero-order chi connectivity index (χ0) is 31.1. The number of nitrogens with zero attached hydrogens (tertiary/aromatic N) is 3. The number of allylic oxidation sites excluding steroid dienone is 1. The minimum absolute atomic E-state index is 0.345. The fraction of sp³-hybridized carbons (Fsp3) is 0.324. The smallest absolute Gasteiger partial charge is 0.338 e. The van der Waals surface area contributed by atoms with E-state index in [1.807, 2.05) is 56.3 Å². The van der Waals surface area contributed by atoms with Gasteiger partial charge in [-0.1, -0.05) is 90.8 Å². The molecule has 4 aromatic rings. The molecule has 0 spiro atoms. The van der Waals surface area contributed by atoms with E-state index in [2.05, 4.69) is 43.4 Å². The number of aromatic nitrogens is 3. The van der Waals surface area contributed by atoms with Crippen LogP contribution in [0.3, 0.4) is 0 Å². The molecule has 1 N–H and O–H groups in total. The first-order chi connectivity index (χ1) is 21.4. The normalized spacial score (nSPS) is 14.2. The number of unbranched alkanes of at least 4 members (excludes halogenated alkanes) is 1. The molecule has 10 heteroatoms. The number of thioether (sulfide) groups is 1. The SMILES string of the molecule is CCCCOC(=O)C1=C(C)Nc2nc(SCc3ccccc3Cl)nn2C1c1ccc(OCc2ccc(C)cc2)c(OCC)c1. The Labute approximate surface area is 267 Å². The zero-order valence-electron chi connectivity index (χ0n) is 25.4. The molecule has 1 aliphatic heterocycles. The largest absolute Gasteiger partial charge is 0.490 e. The van der Waals surface area contributed by atoms with Crippen molar-refractivity contribution in [1.82, 2.24) is 14.8 Å². The van der Waals surface area contributed by atoms with Gasteiger partial charge in [-0.15, -0.1) is 5.10 Å². The van der Waals surface area contributed by atoms with Crippen LogP contribution in [0.4, 0.5) is 5.95 Å². The predicted octanol–water partition coefficient (Wildman–Crippen LogP) is 8.14. The molecule has 0 fully saturated rings. The highest BCUT2D eigenvalue weighted by Gasteiger charge is 2.36. The number of fused-ring (bicyclic) bond motifs is 1.